The van der Waals surface area contributed by atoms with E-state index in [0.29, 0.717) is 6.54 Å². The molecule has 0 bridgehead atoms. The molecule has 1 saturated heterocycles. The van der Waals surface area contributed by atoms with Gasteiger partial charge in [0.1, 0.15) is 11.5 Å². The standard InChI is InChI=1S/C22H29N3O3.CH2O2/c1-27-14-13-24-11-9-18(15-24)22(26)25-12-10-20-19(16-25)23-21(28-20)8-7-17-5-3-2-4-6-17;2-1-3/h2-6,18H,7-16H2,1H3;1H,(H,2,3). The Balaban J connectivity index is 0.000000858. The predicted molar refractivity (Wildman–Crippen MR) is 115 cm³/mol. The van der Waals surface area contributed by atoms with Crippen molar-refractivity contribution >= 4 is 12.4 Å². The third-order valence-corrected chi connectivity index (χ3v) is 5.79. The van der Waals surface area contributed by atoms with Crippen LogP contribution in [-0.4, -0.2) is 72.2 Å². The molecule has 8 heteroatoms. The normalized spacial score (nSPS) is 18.2. The van der Waals surface area contributed by atoms with E-state index in [9.17, 15) is 4.79 Å². The van der Waals surface area contributed by atoms with Gasteiger partial charge < -0.3 is 24.1 Å². The van der Waals surface area contributed by atoms with Crippen molar-refractivity contribution in [1.29, 1.82) is 0 Å². The van der Waals surface area contributed by atoms with E-state index in [-0.39, 0.29) is 18.3 Å². The van der Waals surface area contributed by atoms with E-state index in [2.05, 4.69) is 29.2 Å². The Morgan fingerprint density at radius 3 is 2.81 bits per heavy atom. The monoisotopic (exact) mass is 429 g/mol. The number of carbonyl (C=O) groups is 2. The van der Waals surface area contributed by atoms with E-state index in [1.165, 1.54) is 5.56 Å². The molecule has 1 amide bonds. The van der Waals surface area contributed by atoms with E-state index >= 15 is 0 Å². The molecule has 2 aliphatic rings. The summed E-state index contributed by atoms with van der Waals surface area (Å²) in [7, 11) is 1.72. The molecular formula is C23H31N3O5. The van der Waals surface area contributed by atoms with Crippen LogP contribution in [0.15, 0.2) is 34.7 Å². The number of hydrogen-bond donors (Lipinski definition) is 1. The van der Waals surface area contributed by atoms with Gasteiger partial charge in [0.2, 0.25) is 5.91 Å². The van der Waals surface area contributed by atoms with Gasteiger partial charge in [-0.15, -0.1) is 0 Å². The van der Waals surface area contributed by atoms with Gasteiger partial charge in [-0.3, -0.25) is 9.59 Å². The molecule has 8 nitrogen and oxygen atoms in total. The molecule has 0 radical (unpaired) electrons. The molecule has 1 fully saturated rings. The zero-order valence-electron chi connectivity index (χ0n) is 18.0. The van der Waals surface area contributed by atoms with Crippen molar-refractivity contribution in [3.8, 4) is 0 Å². The SMILES string of the molecule is COCCN1CCC(C(=O)N2CCc3oc(CCc4ccccc4)nc3C2)C1.O=CO. The molecule has 168 valence electrons. The first-order chi connectivity index (χ1) is 15.1. The summed E-state index contributed by atoms with van der Waals surface area (Å²) in [4.78, 5) is 30.3. The topological polar surface area (TPSA) is 96.1 Å². The fourth-order valence-corrected chi connectivity index (χ4v) is 4.16. The fraction of sp³-hybridized carbons (Fsp3) is 0.522. The van der Waals surface area contributed by atoms with Gasteiger partial charge in [-0.2, -0.15) is 0 Å². The smallest absolute Gasteiger partial charge is 0.290 e. The van der Waals surface area contributed by atoms with Crippen molar-refractivity contribution in [3.63, 3.8) is 0 Å². The lowest BCUT2D eigenvalue weighted by atomic mass is 10.1. The van der Waals surface area contributed by atoms with Crippen LogP contribution < -0.4 is 0 Å². The number of ether oxygens (including phenoxy) is 1. The average Bonchev–Trinajstić information content (AvgIpc) is 3.43. The second-order valence-corrected chi connectivity index (χ2v) is 7.86. The summed E-state index contributed by atoms with van der Waals surface area (Å²) < 4.78 is 11.1. The quantitative estimate of drug-likeness (QED) is 0.673. The molecule has 0 aliphatic carbocycles. The van der Waals surface area contributed by atoms with E-state index in [1.54, 1.807) is 7.11 Å². The lowest BCUT2D eigenvalue weighted by Gasteiger charge is -2.28. The van der Waals surface area contributed by atoms with Gasteiger partial charge in [0.25, 0.3) is 6.47 Å². The molecule has 1 unspecified atom stereocenters. The van der Waals surface area contributed by atoms with Crippen LogP contribution in [0.4, 0.5) is 0 Å². The number of methoxy groups -OCH3 is 1. The van der Waals surface area contributed by atoms with E-state index in [4.69, 9.17) is 24.0 Å². The van der Waals surface area contributed by atoms with E-state index < -0.39 is 0 Å². The number of aryl methyl sites for hydroxylation is 2. The second kappa shape index (κ2) is 11.6. The van der Waals surface area contributed by atoms with E-state index in [0.717, 1.165) is 75.8 Å². The van der Waals surface area contributed by atoms with Crippen LogP contribution in [0.3, 0.4) is 0 Å². The van der Waals surface area contributed by atoms with Crippen molar-refractivity contribution < 1.29 is 23.8 Å². The maximum atomic E-state index is 13.0. The molecular weight excluding hydrogens is 398 g/mol. The highest BCUT2D eigenvalue weighted by Gasteiger charge is 2.33. The highest BCUT2D eigenvalue weighted by Crippen LogP contribution is 2.25. The third kappa shape index (κ3) is 6.38. The van der Waals surface area contributed by atoms with Crippen molar-refractivity contribution in [2.24, 2.45) is 5.92 Å². The maximum absolute atomic E-state index is 13.0. The number of likely N-dealkylation sites (tertiary alicyclic amines) is 1. The largest absolute Gasteiger partial charge is 0.483 e. The molecule has 1 aromatic heterocycles. The maximum Gasteiger partial charge on any atom is 0.290 e. The Labute approximate surface area is 182 Å². The van der Waals surface area contributed by atoms with Crippen molar-refractivity contribution in [1.82, 2.24) is 14.8 Å². The zero-order chi connectivity index (χ0) is 22.1. The molecule has 0 spiro atoms. The highest BCUT2D eigenvalue weighted by atomic mass is 16.5. The summed E-state index contributed by atoms with van der Waals surface area (Å²) in [5, 5.41) is 6.89. The molecule has 3 heterocycles. The number of carboxylic acid groups (broad SMARTS) is 1. The van der Waals surface area contributed by atoms with Gasteiger partial charge in [0.05, 0.1) is 19.1 Å². The number of oxazole rings is 1. The summed E-state index contributed by atoms with van der Waals surface area (Å²) >= 11 is 0. The first-order valence-corrected chi connectivity index (χ1v) is 10.7. The van der Waals surface area contributed by atoms with Crippen LogP contribution in [0.25, 0.3) is 0 Å². The first-order valence-electron chi connectivity index (χ1n) is 10.7. The van der Waals surface area contributed by atoms with Crippen LogP contribution in [0, 0.1) is 5.92 Å². The molecule has 4 rings (SSSR count). The van der Waals surface area contributed by atoms with Gasteiger partial charge in [-0.25, -0.2) is 4.98 Å². The Morgan fingerprint density at radius 1 is 1.29 bits per heavy atom. The van der Waals surface area contributed by atoms with Crippen LogP contribution in [0.2, 0.25) is 0 Å². The van der Waals surface area contributed by atoms with Crippen LogP contribution in [-0.2, 0) is 40.1 Å². The number of carbonyl (C=O) groups excluding carboxylic acids is 1. The van der Waals surface area contributed by atoms with Crippen molar-refractivity contribution in [2.75, 3.05) is 39.9 Å². The molecule has 1 N–H and O–H groups in total. The number of fused-ring (bicyclic) bond motifs is 1. The molecule has 1 atom stereocenters. The van der Waals surface area contributed by atoms with Crippen molar-refractivity contribution in [2.45, 2.75) is 32.2 Å². The van der Waals surface area contributed by atoms with Crippen LogP contribution >= 0.6 is 0 Å². The van der Waals surface area contributed by atoms with Gasteiger partial charge in [-0.05, 0) is 24.9 Å². The Kier molecular flexibility index (Phi) is 8.61. The number of benzene rings is 1. The predicted octanol–water partition coefficient (Wildman–Crippen LogP) is 2.01. The highest BCUT2D eigenvalue weighted by molar-refractivity contribution is 5.79. The minimum Gasteiger partial charge on any atom is -0.483 e. The number of rotatable bonds is 7. The minimum absolute atomic E-state index is 0.0999. The lowest BCUT2D eigenvalue weighted by Crippen LogP contribution is -2.40. The number of aromatic nitrogens is 1. The van der Waals surface area contributed by atoms with Gasteiger partial charge in [0.15, 0.2) is 5.89 Å². The van der Waals surface area contributed by atoms with Crippen molar-refractivity contribution in [3.05, 3.63) is 53.2 Å². The fourth-order valence-electron chi connectivity index (χ4n) is 4.16. The first kappa shape index (κ1) is 23.0. The Morgan fingerprint density at radius 2 is 2.06 bits per heavy atom. The molecule has 0 saturated carbocycles. The summed E-state index contributed by atoms with van der Waals surface area (Å²) in [5.74, 6) is 2.11. The summed E-state index contributed by atoms with van der Waals surface area (Å²) in [6.07, 6.45) is 3.41. The van der Waals surface area contributed by atoms with Gasteiger partial charge in [0, 0.05) is 39.6 Å². The summed E-state index contributed by atoms with van der Waals surface area (Å²) in [6, 6.07) is 10.4. The third-order valence-electron chi connectivity index (χ3n) is 5.79. The number of nitrogens with zero attached hydrogens (tertiary/aromatic N) is 3. The second-order valence-electron chi connectivity index (χ2n) is 7.86. The molecule has 2 aromatic rings. The van der Waals surface area contributed by atoms with Gasteiger partial charge in [-0.1, -0.05) is 30.3 Å². The minimum atomic E-state index is -0.250. The number of hydrogen-bond acceptors (Lipinski definition) is 6. The van der Waals surface area contributed by atoms with Crippen LogP contribution in [0.5, 0.6) is 0 Å². The molecule has 2 aliphatic heterocycles. The Hall–Kier alpha value is -2.71. The van der Waals surface area contributed by atoms with E-state index in [1.807, 2.05) is 11.0 Å². The zero-order valence-corrected chi connectivity index (χ0v) is 18.0. The Bertz CT molecular complexity index is 839. The lowest BCUT2D eigenvalue weighted by molar-refractivity contribution is -0.136. The van der Waals surface area contributed by atoms with Crippen LogP contribution in [0.1, 0.15) is 29.3 Å². The molecule has 31 heavy (non-hydrogen) atoms. The average molecular weight is 430 g/mol. The molecule has 1 aromatic carbocycles. The summed E-state index contributed by atoms with van der Waals surface area (Å²) in [6.45, 7) is 4.50. The van der Waals surface area contributed by atoms with Gasteiger partial charge >= 0.3 is 0 Å². The summed E-state index contributed by atoms with van der Waals surface area (Å²) in [5.41, 5.74) is 2.23. The number of amides is 1.